The molecule has 6 nitrogen and oxygen atoms in total. The van der Waals surface area contributed by atoms with E-state index in [2.05, 4.69) is 34.6 Å². The average molecular weight is 223 g/mol. The van der Waals surface area contributed by atoms with Crippen molar-refractivity contribution in [2.75, 3.05) is 5.32 Å². The Hall–Kier alpha value is -1.69. The molecule has 16 heavy (non-hydrogen) atoms. The molecule has 6 heteroatoms. The summed E-state index contributed by atoms with van der Waals surface area (Å²) in [7, 11) is 0. The van der Waals surface area contributed by atoms with E-state index in [9.17, 15) is 4.79 Å². The maximum atomic E-state index is 11.1. The van der Waals surface area contributed by atoms with Gasteiger partial charge in [0.2, 0.25) is 5.91 Å². The van der Waals surface area contributed by atoms with Gasteiger partial charge in [-0.3, -0.25) is 10.2 Å². The molecule has 0 aromatic carbocycles. The molecule has 1 atom stereocenters. The molecule has 1 aromatic rings. The van der Waals surface area contributed by atoms with Crippen LogP contribution in [0.2, 0.25) is 0 Å². The molecule has 1 aromatic heterocycles. The standard InChI is InChI=1S/C10H17N5O/c1-3-7(2)14-9-4-8(12-6-13-9)5-10(16)15-11/h4,6-7H,3,5,11H2,1-2H3,(H,15,16)(H,12,13,14). The Kier molecular flexibility index (Phi) is 4.65. The van der Waals surface area contributed by atoms with Crippen molar-refractivity contribution in [3.05, 3.63) is 18.1 Å². The van der Waals surface area contributed by atoms with Gasteiger partial charge >= 0.3 is 0 Å². The fraction of sp³-hybridized carbons (Fsp3) is 0.500. The number of nitrogens with two attached hydrogens (primary N) is 1. The van der Waals surface area contributed by atoms with Gasteiger partial charge in [-0.15, -0.1) is 0 Å². The summed E-state index contributed by atoms with van der Waals surface area (Å²) in [6.45, 7) is 4.15. The largest absolute Gasteiger partial charge is 0.368 e. The molecule has 0 saturated carbocycles. The summed E-state index contributed by atoms with van der Waals surface area (Å²) in [5, 5.41) is 3.21. The summed E-state index contributed by atoms with van der Waals surface area (Å²) in [5.41, 5.74) is 2.71. The van der Waals surface area contributed by atoms with Gasteiger partial charge in [-0.1, -0.05) is 6.92 Å². The van der Waals surface area contributed by atoms with Gasteiger partial charge < -0.3 is 5.32 Å². The lowest BCUT2D eigenvalue weighted by molar-refractivity contribution is -0.120. The van der Waals surface area contributed by atoms with Crippen LogP contribution in [-0.2, 0) is 11.2 Å². The van der Waals surface area contributed by atoms with Gasteiger partial charge in [0, 0.05) is 12.1 Å². The predicted molar refractivity (Wildman–Crippen MR) is 61.4 cm³/mol. The van der Waals surface area contributed by atoms with Crippen molar-refractivity contribution in [2.24, 2.45) is 5.84 Å². The van der Waals surface area contributed by atoms with Gasteiger partial charge in [-0.05, 0) is 13.3 Å². The van der Waals surface area contributed by atoms with E-state index < -0.39 is 0 Å². The number of hydrogen-bond acceptors (Lipinski definition) is 5. The van der Waals surface area contributed by atoms with Crippen LogP contribution in [0.5, 0.6) is 0 Å². The summed E-state index contributed by atoms with van der Waals surface area (Å²) >= 11 is 0. The lowest BCUT2D eigenvalue weighted by Crippen LogP contribution is -2.31. The molecule has 88 valence electrons. The molecule has 0 aliphatic carbocycles. The molecular weight excluding hydrogens is 206 g/mol. The Bertz CT molecular complexity index is 355. The third kappa shape index (κ3) is 3.82. The van der Waals surface area contributed by atoms with E-state index in [0.717, 1.165) is 12.2 Å². The third-order valence-electron chi connectivity index (χ3n) is 2.23. The van der Waals surface area contributed by atoms with Crippen molar-refractivity contribution in [1.29, 1.82) is 0 Å². The van der Waals surface area contributed by atoms with Gasteiger partial charge in [-0.25, -0.2) is 15.8 Å². The zero-order valence-corrected chi connectivity index (χ0v) is 9.53. The average Bonchev–Trinajstić information content (AvgIpc) is 2.29. The maximum absolute atomic E-state index is 11.1. The normalized spacial score (nSPS) is 11.9. The molecule has 1 unspecified atom stereocenters. The molecule has 0 radical (unpaired) electrons. The Labute approximate surface area is 94.6 Å². The molecule has 0 aliphatic rings. The number of anilines is 1. The van der Waals surface area contributed by atoms with Crippen LogP contribution >= 0.6 is 0 Å². The van der Waals surface area contributed by atoms with Crippen molar-refractivity contribution in [3.8, 4) is 0 Å². The number of carbonyl (C=O) groups is 1. The number of hydrogen-bond donors (Lipinski definition) is 3. The number of nitrogens with one attached hydrogen (secondary N) is 2. The Morgan fingerprint density at radius 2 is 2.31 bits per heavy atom. The van der Waals surface area contributed by atoms with Crippen LogP contribution in [0.4, 0.5) is 5.82 Å². The van der Waals surface area contributed by atoms with Crippen molar-refractivity contribution < 1.29 is 4.79 Å². The van der Waals surface area contributed by atoms with Crippen molar-refractivity contribution >= 4 is 11.7 Å². The van der Waals surface area contributed by atoms with Crippen molar-refractivity contribution in [2.45, 2.75) is 32.7 Å². The molecule has 4 N–H and O–H groups in total. The van der Waals surface area contributed by atoms with Crippen LogP contribution < -0.4 is 16.6 Å². The van der Waals surface area contributed by atoms with Gasteiger partial charge in [0.05, 0.1) is 12.1 Å². The SMILES string of the molecule is CCC(C)Nc1cc(CC(=O)NN)ncn1. The molecule has 0 spiro atoms. The first-order valence-electron chi connectivity index (χ1n) is 5.22. The number of carbonyl (C=O) groups excluding carboxylic acids is 1. The summed E-state index contributed by atoms with van der Waals surface area (Å²) in [6, 6.07) is 2.09. The van der Waals surface area contributed by atoms with E-state index in [4.69, 9.17) is 5.84 Å². The van der Waals surface area contributed by atoms with E-state index in [1.807, 2.05) is 0 Å². The van der Waals surface area contributed by atoms with Gasteiger partial charge in [-0.2, -0.15) is 0 Å². The van der Waals surface area contributed by atoms with Gasteiger partial charge in [0.25, 0.3) is 0 Å². The molecule has 1 rings (SSSR count). The fourth-order valence-electron chi connectivity index (χ4n) is 1.14. The van der Waals surface area contributed by atoms with E-state index >= 15 is 0 Å². The van der Waals surface area contributed by atoms with Gasteiger partial charge in [0.15, 0.2) is 0 Å². The Morgan fingerprint density at radius 1 is 1.56 bits per heavy atom. The van der Waals surface area contributed by atoms with E-state index in [1.54, 1.807) is 6.07 Å². The van der Waals surface area contributed by atoms with Crippen LogP contribution in [0.1, 0.15) is 26.0 Å². The number of nitrogens with zero attached hydrogens (tertiary/aromatic N) is 2. The second-order valence-corrected chi connectivity index (χ2v) is 3.59. The molecule has 1 amide bonds. The maximum Gasteiger partial charge on any atom is 0.239 e. The molecule has 0 bridgehead atoms. The summed E-state index contributed by atoms with van der Waals surface area (Å²) < 4.78 is 0. The highest BCUT2D eigenvalue weighted by molar-refractivity contribution is 5.77. The summed E-state index contributed by atoms with van der Waals surface area (Å²) in [5.74, 6) is 5.46. The third-order valence-corrected chi connectivity index (χ3v) is 2.23. The van der Waals surface area contributed by atoms with Crippen LogP contribution in [0.3, 0.4) is 0 Å². The highest BCUT2D eigenvalue weighted by Crippen LogP contribution is 2.07. The lowest BCUT2D eigenvalue weighted by atomic mass is 10.2. The lowest BCUT2D eigenvalue weighted by Gasteiger charge is -2.12. The Morgan fingerprint density at radius 3 is 2.94 bits per heavy atom. The number of aromatic nitrogens is 2. The summed E-state index contributed by atoms with van der Waals surface area (Å²) in [6.07, 6.45) is 2.60. The zero-order valence-electron chi connectivity index (χ0n) is 9.53. The number of hydrazine groups is 1. The van der Waals surface area contributed by atoms with Gasteiger partial charge in [0.1, 0.15) is 12.1 Å². The van der Waals surface area contributed by atoms with Crippen LogP contribution in [0, 0.1) is 0 Å². The first kappa shape index (κ1) is 12.4. The summed E-state index contributed by atoms with van der Waals surface area (Å²) in [4.78, 5) is 19.1. The Balaban J connectivity index is 2.67. The van der Waals surface area contributed by atoms with Crippen molar-refractivity contribution in [1.82, 2.24) is 15.4 Å². The molecule has 0 saturated heterocycles. The predicted octanol–water partition coefficient (Wildman–Crippen LogP) is 0.219. The number of amides is 1. The molecule has 0 aliphatic heterocycles. The second kappa shape index (κ2) is 6.02. The minimum Gasteiger partial charge on any atom is -0.368 e. The first-order valence-corrected chi connectivity index (χ1v) is 5.22. The highest BCUT2D eigenvalue weighted by atomic mass is 16.2. The van der Waals surface area contributed by atoms with Crippen LogP contribution in [-0.4, -0.2) is 21.9 Å². The van der Waals surface area contributed by atoms with E-state index in [1.165, 1.54) is 6.33 Å². The van der Waals surface area contributed by atoms with E-state index in [0.29, 0.717) is 11.7 Å². The van der Waals surface area contributed by atoms with E-state index in [-0.39, 0.29) is 12.3 Å². The first-order chi connectivity index (χ1) is 7.65. The van der Waals surface area contributed by atoms with Crippen LogP contribution in [0.25, 0.3) is 0 Å². The second-order valence-electron chi connectivity index (χ2n) is 3.59. The molecular formula is C10H17N5O. The smallest absolute Gasteiger partial charge is 0.239 e. The fourth-order valence-corrected chi connectivity index (χ4v) is 1.14. The zero-order chi connectivity index (χ0) is 12.0. The monoisotopic (exact) mass is 223 g/mol. The number of rotatable bonds is 5. The molecule has 1 heterocycles. The quantitative estimate of drug-likeness (QED) is 0.377. The highest BCUT2D eigenvalue weighted by Gasteiger charge is 2.05. The minimum atomic E-state index is -0.270. The molecule has 0 fully saturated rings. The topological polar surface area (TPSA) is 92.9 Å². The minimum absolute atomic E-state index is 0.161. The van der Waals surface area contributed by atoms with Crippen LogP contribution in [0.15, 0.2) is 12.4 Å². The van der Waals surface area contributed by atoms with Crippen molar-refractivity contribution in [3.63, 3.8) is 0 Å².